The highest BCUT2D eigenvalue weighted by molar-refractivity contribution is 7.92. The van der Waals surface area contributed by atoms with Gasteiger partial charge in [-0.3, -0.25) is 4.72 Å². The van der Waals surface area contributed by atoms with Crippen molar-refractivity contribution in [3.63, 3.8) is 0 Å². The van der Waals surface area contributed by atoms with Crippen LogP contribution in [0.3, 0.4) is 0 Å². The molecule has 0 aliphatic heterocycles. The maximum atomic E-state index is 11.3. The number of nitrogens with one attached hydrogen (secondary N) is 2. The third-order valence-corrected chi connectivity index (χ3v) is 6.46. The van der Waals surface area contributed by atoms with Crippen molar-refractivity contribution in [3.8, 4) is 5.75 Å². The van der Waals surface area contributed by atoms with Crippen LogP contribution in [-0.4, -0.2) is 45.6 Å². The van der Waals surface area contributed by atoms with Gasteiger partial charge in [0.25, 0.3) is 0 Å². The second kappa shape index (κ2) is 12.4. The van der Waals surface area contributed by atoms with Crippen molar-refractivity contribution in [2.45, 2.75) is 18.4 Å². The molecule has 2 unspecified atom stereocenters. The quantitative estimate of drug-likeness (QED) is 0.320. The van der Waals surface area contributed by atoms with Crippen LogP contribution in [0, 0.1) is 0 Å². The summed E-state index contributed by atoms with van der Waals surface area (Å²) in [5, 5.41) is 14.7. The molecule has 3 aromatic rings. The van der Waals surface area contributed by atoms with Gasteiger partial charge in [-0.25, -0.2) is 8.42 Å². The van der Waals surface area contributed by atoms with Crippen molar-refractivity contribution in [2.75, 3.05) is 30.7 Å². The second-order valence-corrected chi connectivity index (χ2v) is 10.6. The first kappa shape index (κ1) is 26.3. The Morgan fingerprint density at radius 3 is 2.29 bits per heavy atom. The van der Waals surface area contributed by atoms with E-state index < -0.39 is 16.1 Å². The van der Waals surface area contributed by atoms with Gasteiger partial charge in [0.15, 0.2) is 0 Å². The van der Waals surface area contributed by atoms with E-state index >= 15 is 0 Å². The summed E-state index contributed by atoms with van der Waals surface area (Å²) >= 11 is 12.3. The molecule has 6 nitrogen and oxygen atoms in total. The Balaban J connectivity index is 1.52. The number of rotatable bonds is 12. The van der Waals surface area contributed by atoms with Gasteiger partial charge >= 0.3 is 0 Å². The smallest absolute Gasteiger partial charge is 0.229 e. The largest absolute Gasteiger partial charge is 0.491 e. The molecular formula is C25H28Cl2N2O4S. The molecule has 182 valence electrons. The van der Waals surface area contributed by atoms with Crippen LogP contribution in [0.2, 0.25) is 10.0 Å². The Hall–Kier alpha value is -2.29. The molecule has 2 atom stereocenters. The number of sulfonamides is 1. The van der Waals surface area contributed by atoms with Crippen LogP contribution in [0.1, 0.15) is 17.0 Å². The molecule has 0 saturated carbocycles. The molecule has 0 saturated heterocycles. The summed E-state index contributed by atoms with van der Waals surface area (Å²) in [5.74, 6) is 0.677. The van der Waals surface area contributed by atoms with Crippen molar-refractivity contribution in [3.05, 3.63) is 94.0 Å². The summed E-state index contributed by atoms with van der Waals surface area (Å²) in [4.78, 5) is 0. The highest BCUT2D eigenvalue weighted by Crippen LogP contribution is 2.28. The summed E-state index contributed by atoms with van der Waals surface area (Å²) in [7, 11) is -3.33. The number of hydrogen-bond donors (Lipinski definition) is 3. The number of aliphatic hydroxyl groups excluding tert-OH is 1. The Morgan fingerprint density at radius 1 is 0.941 bits per heavy atom. The number of benzene rings is 3. The molecule has 0 fully saturated rings. The molecule has 0 spiro atoms. The first-order valence-corrected chi connectivity index (χ1v) is 13.4. The van der Waals surface area contributed by atoms with E-state index in [0.29, 0.717) is 34.6 Å². The number of anilines is 1. The van der Waals surface area contributed by atoms with Crippen LogP contribution in [0.15, 0.2) is 72.8 Å². The molecule has 0 radical (unpaired) electrons. The Morgan fingerprint density at radius 2 is 1.65 bits per heavy atom. The lowest BCUT2D eigenvalue weighted by atomic mass is 9.92. The summed E-state index contributed by atoms with van der Waals surface area (Å²) in [6, 6.07) is 22.4. The van der Waals surface area contributed by atoms with Crippen LogP contribution >= 0.6 is 23.2 Å². The SMILES string of the molecule is CS(=O)(=O)Nc1ccc(OCC(O)CNCC(Cc2ccccc2)c2ccc(Cl)c(Cl)c2)cc1. The molecule has 0 aliphatic rings. The second-order valence-electron chi connectivity index (χ2n) is 8.08. The predicted molar refractivity (Wildman–Crippen MR) is 139 cm³/mol. The van der Waals surface area contributed by atoms with Gasteiger partial charge in [-0.15, -0.1) is 0 Å². The molecule has 9 heteroatoms. The van der Waals surface area contributed by atoms with Gasteiger partial charge in [0.2, 0.25) is 10.0 Å². The third kappa shape index (κ3) is 8.81. The van der Waals surface area contributed by atoms with Crippen molar-refractivity contribution in [1.82, 2.24) is 5.32 Å². The molecule has 0 bridgehead atoms. The average Bonchev–Trinajstić information content (AvgIpc) is 2.79. The molecule has 3 aromatic carbocycles. The molecule has 0 amide bonds. The normalized spacial score (nSPS) is 13.3. The fourth-order valence-corrected chi connectivity index (χ4v) is 4.35. The monoisotopic (exact) mass is 522 g/mol. The van der Waals surface area contributed by atoms with E-state index in [1.54, 1.807) is 30.3 Å². The number of hydrogen-bond acceptors (Lipinski definition) is 5. The fourth-order valence-electron chi connectivity index (χ4n) is 3.48. The zero-order valence-electron chi connectivity index (χ0n) is 18.7. The van der Waals surface area contributed by atoms with E-state index in [1.807, 2.05) is 30.3 Å². The van der Waals surface area contributed by atoms with Gasteiger partial charge in [0.05, 0.1) is 16.3 Å². The molecule has 0 heterocycles. The van der Waals surface area contributed by atoms with Gasteiger partial charge < -0.3 is 15.2 Å². The van der Waals surface area contributed by atoms with Crippen LogP contribution < -0.4 is 14.8 Å². The number of aliphatic hydroxyl groups is 1. The average molecular weight is 523 g/mol. The highest BCUT2D eigenvalue weighted by atomic mass is 35.5. The Kier molecular flexibility index (Phi) is 9.62. The van der Waals surface area contributed by atoms with Crippen molar-refractivity contribution in [2.24, 2.45) is 0 Å². The minimum absolute atomic E-state index is 0.0992. The van der Waals surface area contributed by atoms with Crippen LogP contribution in [0.5, 0.6) is 5.75 Å². The zero-order valence-corrected chi connectivity index (χ0v) is 21.1. The van der Waals surface area contributed by atoms with E-state index in [0.717, 1.165) is 18.2 Å². The molecule has 3 rings (SSSR count). The Bertz CT molecular complexity index is 1160. The van der Waals surface area contributed by atoms with Gasteiger partial charge in [0, 0.05) is 24.7 Å². The fraction of sp³-hybridized carbons (Fsp3) is 0.280. The molecule has 0 aliphatic carbocycles. The van der Waals surface area contributed by atoms with Gasteiger partial charge in [0.1, 0.15) is 18.5 Å². The van der Waals surface area contributed by atoms with E-state index in [4.69, 9.17) is 27.9 Å². The number of ether oxygens (including phenoxy) is 1. The topological polar surface area (TPSA) is 87.7 Å². The van der Waals surface area contributed by atoms with Crippen molar-refractivity contribution in [1.29, 1.82) is 0 Å². The molecule has 34 heavy (non-hydrogen) atoms. The first-order chi connectivity index (χ1) is 16.2. The van der Waals surface area contributed by atoms with E-state index in [-0.39, 0.29) is 12.5 Å². The van der Waals surface area contributed by atoms with Gasteiger partial charge in [-0.2, -0.15) is 0 Å². The van der Waals surface area contributed by atoms with Crippen LogP contribution in [0.25, 0.3) is 0 Å². The number of halogens is 2. The minimum atomic E-state index is -3.33. The molecule has 0 aromatic heterocycles. The van der Waals surface area contributed by atoms with E-state index in [1.165, 1.54) is 5.56 Å². The third-order valence-electron chi connectivity index (χ3n) is 5.11. The van der Waals surface area contributed by atoms with E-state index in [9.17, 15) is 13.5 Å². The Labute approximate surface area is 210 Å². The molecular weight excluding hydrogens is 495 g/mol. The first-order valence-electron chi connectivity index (χ1n) is 10.8. The van der Waals surface area contributed by atoms with Crippen LogP contribution in [0.4, 0.5) is 5.69 Å². The van der Waals surface area contributed by atoms with Gasteiger partial charge in [-0.05, 0) is 53.9 Å². The standard InChI is InChI=1S/C25H28Cl2N2O4S/c1-34(31,32)29-21-8-10-23(11-9-21)33-17-22(30)16-28-15-20(13-18-5-3-2-4-6-18)19-7-12-24(26)25(27)14-19/h2-12,14,20,22,28-30H,13,15-17H2,1H3. The highest BCUT2D eigenvalue weighted by Gasteiger charge is 2.15. The van der Waals surface area contributed by atoms with E-state index in [2.05, 4.69) is 22.2 Å². The maximum absolute atomic E-state index is 11.3. The maximum Gasteiger partial charge on any atom is 0.229 e. The lowest BCUT2D eigenvalue weighted by molar-refractivity contribution is 0.106. The summed E-state index contributed by atoms with van der Waals surface area (Å²) in [6.07, 6.45) is 1.18. The molecule has 3 N–H and O–H groups in total. The zero-order chi connectivity index (χ0) is 24.6. The minimum Gasteiger partial charge on any atom is -0.491 e. The van der Waals surface area contributed by atoms with Gasteiger partial charge in [-0.1, -0.05) is 59.6 Å². The lowest BCUT2D eigenvalue weighted by Gasteiger charge is -2.20. The van der Waals surface area contributed by atoms with Crippen molar-refractivity contribution >= 4 is 38.9 Å². The summed E-state index contributed by atoms with van der Waals surface area (Å²) in [5.41, 5.74) is 2.72. The van der Waals surface area contributed by atoms with Crippen LogP contribution in [-0.2, 0) is 16.4 Å². The van der Waals surface area contributed by atoms with Crippen molar-refractivity contribution < 1.29 is 18.3 Å². The summed E-state index contributed by atoms with van der Waals surface area (Å²) in [6.45, 7) is 1.08. The predicted octanol–water partition coefficient (Wildman–Crippen LogP) is 4.72. The summed E-state index contributed by atoms with van der Waals surface area (Å²) < 4.78 is 30.6. The lowest BCUT2D eigenvalue weighted by Crippen LogP contribution is -2.34.